The van der Waals surface area contributed by atoms with E-state index < -0.39 is 53.1 Å². The summed E-state index contributed by atoms with van der Waals surface area (Å²) in [4.78, 5) is 16.5. The van der Waals surface area contributed by atoms with E-state index in [0.717, 1.165) is 22.9 Å². The third-order valence-corrected chi connectivity index (χ3v) is 5.45. The second-order valence-corrected chi connectivity index (χ2v) is 9.32. The van der Waals surface area contributed by atoms with Crippen LogP contribution in [0.25, 0.3) is 0 Å². The predicted octanol–water partition coefficient (Wildman–Crippen LogP) is 4.20. The third kappa shape index (κ3) is 6.80. The Morgan fingerprint density at radius 3 is 2.41 bits per heavy atom. The lowest BCUT2D eigenvalue weighted by Crippen LogP contribution is -2.38. The van der Waals surface area contributed by atoms with Gasteiger partial charge in [-0.25, -0.2) is 13.8 Å². The molecule has 0 fully saturated rings. The van der Waals surface area contributed by atoms with Crippen molar-refractivity contribution in [3.63, 3.8) is 0 Å². The highest BCUT2D eigenvalue weighted by Crippen LogP contribution is 2.37. The number of ether oxygens (including phenoxy) is 2. The molecule has 0 saturated heterocycles. The molecule has 0 aliphatic heterocycles. The van der Waals surface area contributed by atoms with Crippen LogP contribution < -0.4 is 19.8 Å². The molecule has 3 rings (SSSR count). The zero-order valence-electron chi connectivity index (χ0n) is 21.2. The SMILES string of the molecule is Cc1cc(Cn2cnc(C(F)(F)F)c(Oc3cc(C(F)F)cc(C#N)c3C)c2=O)[n+](O)cc1OCC(C)(C)O. The zero-order valence-corrected chi connectivity index (χ0v) is 21.2. The average molecular weight is 555 g/mol. The molecule has 0 aliphatic rings. The summed E-state index contributed by atoms with van der Waals surface area (Å²) in [5.74, 6) is -1.64. The van der Waals surface area contributed by atoms with Gasteiger partial charge in [-0.1, -0.05) is 0 Å². The van der Waals surface area contributed by atoms with E-state index in [9.17, 15) is 42.3 Å². The van der Waals surface area contributed by atoms with E-state index in [1.807, 2.05) is 0 Å². The molecule has 2 N–H and O–H groups in total. The molecule has 0 unspecified atom stereocenters. The van der Waals surface area contributed by atoms with Crippen LogP contribution >= 0.6 is 0 Å². The maximum atomic E-state index is 13.7. The smallest absolute Gasteiger partial charge is 0.437 e. The van der Waals surface area contributed by atoms with Crippen LogP contribution in [0.2, 0.25) is 0 Å². The number of hydrogen-bond acceptors (Lipinski definition) is 7. The minimum absolute atomic E-state index is 0.0420. The Labute approximate surface area is 218 Å². The number of nitriles is 1. The van der Waals surface area contributed by atoms with Gasteiger partial charge in [-0.3, -0.25) is 14.6 Å². The summed E-state index contributed by atoms with van der Waals surface area (Å²) in [5, 5.41) is 29.5. The van der Waals surface area contributed by atoms with Crippen molar-refractivity contribution in [2.24, 2.45) is 0 Å². The number of aryl methyl sites for hydroxylation is 1. The van der Waals surface area contributed by atoms with Crippen LogP contribution in [0.15, 0.2) is 35.5 Å². The molecule has 0 bridgehead atoms. The fourth-order valence-electron chi connectivity index (χ4n) is 3.42. The fraction of sp³-hybridized carbons (Fsp3) is 0.360. The topological polar surface area (TPSA) is 121 Å². The lowest BCUT2D eigenvalue weighted by molar-refractivity contribution is -0.909. The molecule has 0 spiro atoms. The fourth-order valence-corrected chi connectivity index (χ4v) is 3.42. The molecule has 39 heavy (non-hydrogen) atoms. The van der Waals surface area contributed by atoms with Crippen LogP contribution in [-0.2, 0) is 12.7 Å². The van der Waals surface area contributed by atoms with Gasteiger partial charge in [0.15, 0.2) is 11.4 Å². The standard InChI is InChI=1S/C25H24F5N4O5/c1-13-5-17(34(37)10-19(13)38-11-24(3,4)36)9-33-12-32-21(25(28,29)30)20(23(33)35)39-18-7-15(22(26)27)6-16(8-31)14(18)2/h5-7,10,12,22,36-37H,9,11H2,1-4H3/q+1. The number of rotatable bonds is 8. The minimum atomic E-state index is -5.15. The minimum Gasteiger partial charge on any atom is -0.484 e. The highest BCUT2D eigenvalue weighted by Gasteiger charge is 2.39. The predicted molar refractivity (Wildman–Crippen MR) is 124 cm³/mol. The van der Waals surface area contributed by atoms with Crippen LogP contribution in [0.5, 0.6) is 17.2 Å². The van der Waals surface area contributed by atoms with E-state index in [-0.39, 0.29) is 29.2 Å². The zero-order chi connectivity index (χ0) is 29.3. The normalized spacial score (nSPS) is 11.9. The highest BCUT2D eigenvalue weighted by molar-refractivity contribution is 5.50. The van der Waals surface area contributed by atoms with Crippen molar-refractivity contribution in [1.29, 1.82) is 5.26 Å². The van der Waals surface area contributed by atoms with Gasteiger partial charge in [0, 0.05) is 27.5 Å². The monoisotopic (exact) mass is 555 g/mol. The van der Waals surface area contributed by atoms with E-state index in [2.05, 4.69) is 4.98 Å². The number of halogens is 5. The lowest BCUT2D eigenvalue weighted by Gasteiger charge is -2.18. The average Bonchev–Trinajstić information content (AvgIpc) is 2.82. The van der Waals surface area contributed by atoms with Gasteiger partial charge in [0.25, 0.3) is 23.9 Å². The van der Waals surface area contributed by atoms with Gasteiger partial charge < -0.3 is 14.6 Å². The molecular formula is C25H24F5N4O5+. The molecule has 9 nitrogen and oxygen atoms in total. The summed E-state index contributed by atoms with van der Waals surface area (Å²) in [5.41, 5.74) is -4.69. The summed E-state index contributed by atoms with van der Waals surface area (Å²) in [6, 6.07) is 4.68. The van der Waals surface area contributed by atoms with Crippen LogP contribution in [0, 0.1) is 25.2 Å². The van der Waals surface area contributed by atoms with Crippen molar-refractivity contribution in [1.82, 2.24) is 9.55 Å². The molecule has 3 aromatic rings. The molecule has 0 amide bonds. The molecule has 0 atom stereocenters. The summed E-state index contributed by atoms with van der Waals surface area (Å²) < 4.78 is 79.8. The Kier molecular flexibility index (Phi) is 8.16. The van der Waals surface area contributed by atoms with Gasteiger partial charge in [0.2, 0.25) is 5.75 Å². The van der Waals surface area contributed by atoms with Crippen LogP contribution in [0.1, 0.15) is 53.9 Å². The number of pyridine rings is 1. The van der Waals surface area contributed by atoms with Crippen molar-refractivity contribution in [2.45, 2.75) is 52.4 Å². The van der Waals surface area contributed by atoms with Gasteiger partial charge in [-0.15, -0.1) is 0 Å². The van der Waals surface area contributed by atoms with Crippen molar-refractivity contribution in [2.75, 3.05) is 6.61 Å². The summed E-state index contributed by atoms with van der Waals surface area (Å²) >= 11 is 0. The number of nitrogens with zero attached hydrogens (tertiary/aromatic N) is 4. The Hall–Kier alpha value is -4.25. The Balaban J connectivity index is 2.08. The van der Waals surface area contributed by atoms with Gasteiger partial charge in [0.05, 0.1) is 23.6 Å². The Morgan fingerprint density at radius 2 is 1.85 bits per heavy atom. The van der Waals surface area contributed by atoms with Gasteiger partial charge in [0.1, 0.15) is 18.9 Å². The van der Waals surface area contributed by atoms with Crippen molar-refractivity contribution >= 4 is 0 Å². The number of aliphatic hydroxyl groups is 1. The molecule has 0 aliphatic carbocycles. The summed E-state index contributed by atoms with van der Waals surface area (Å²) in [7, 11) is 0. The van der Waals surface area contributed by atoms with Crippen LogP contribution in [-0.4, -0.2) is 32.1 Å². The molecule has 14 heteroatoms. The number of hydrogen-bond donors (Lipinski definition) is 2. The first kappa shape index (κ1) is 29.3. The van der Waals surface area contributed by atoms with Crippen LogP contribution in [0.3, 0.4) is 0 Å². The number of alkyl halides is 5. The third-order valence-electron chi connectivity index (χ3n) is 5.45. The lowest BCUT2D eigenvalue weighted by atomic mass is 10.0. The van der Waals surface area contributed by atoms with Crippen molar-refractivity contribution in [3.8, 4) is 23.3 Å². The summed E-state index contributed by atoms with van der Waals surface area (Å²) in [6.07, 6.45) is -6.45. The van der Waals surface area contributed by atoms with Crippen molar-refractivity contribution < 1.29 is 46.5 Å². The molecule has 0 saturated carbocycles. The summed E-state index contributed by atoms with van der Waals surface area (Å²) in [6.45, 7) is 5.33. The Bertz CT molecular complexity index is 1490. The molecular weight excluding hydrogens is 531 g/mol. The second kappa shape index (κ2) is 10.9. The molecule has 208 valence electrons. The maximum absolute atomic E-state index is 13.7. The van der Waals surface area contributed by atoms with E-state index in [1.165, 1.54) is 26.8 Å². The van der Waals surface area contributed by atoms with Gasteiger partial charge in [-0.05, 0) is 39.8 Å². The molecule has 0 radical (unpaired) electrons. The molecule has 2 heterocycles. The first-order valence-corrected chi connectivity index (χ1v) is 11.3. The molecule has 1 aromatic carbocycles. The maximum Gasteiger partial charge on any atom is 0.437 e. The number of aromatic nitrogens is 3. The van der Waals surface area contributed by atoms with Crippen molar-refractivity contribution in [3.05, 3.63) is 74.7 Å². The van der Waals surface area contributed by atoms with E-state index in [4.69, 9.17) is 9.47 Å². The van der Waals surface area contributed by atoms with Crippen LogP contribution in [0.4, 0.5) is 22.0 Å². The first-order chi connectivity index (χ1) is 18.0. The largest absolute Gasteiger partial charge is 0.484 e. The van der Waals surface area contributed by atoms with E-state index >= 15 is 0 Å². The first-order valence-electron chi connectivity index (χ1n) is 11.3. The second-order valence-electron chi connectivity index (χ2n) is 9.32. The van der Waals surface area contributed by atoms with E-state index in [1.54, 1.807) is 13.0 Å². The number of benzene rings is 1. The molecule has 2 aromatic heterocycles. The highest BCUT2D eigenvalue weighted by atomic mass is 19.4. The van der Waals surface area contributed by atoms with E-state index in [0.29, 0.717) is 16.6 Å². The Morgan fingerprint density at radius 1 is 1.18 bits per heavy atom. The quantitative estimate of drug-likeness (QED) is 0.243. The van der Waals surface area contributed by atoms with Gasteiger partial charge >= 0.3 is 6.18 Å². The van der Waals surface area contributed by atoms with Gasteiger partial charge in [-0.2, -0.15) is 18.4 Å².